The number of nitrogens with two attached hydrogens (primary N) is 4. The Kier molecular flexibility index (Phi) is 23.3. The lowest BCUT2D eigenvalue weighted by molar-refractivity contribution is -0.140. The Hall–Kier alpha value is -6.75. The lowest BCUT2D eigenvalue weighted by Crippen LogP contribution is -2.14. The van der Waals surface area contributed by atoms with Crippen LogP contribution in [0.2, 0.25) is 0 Å². The minimum atomic E-state index is -4.31. The molecule has 0 saturated heterocycles. The number of hydrogen-bond acceptors (Lipinski definition) is 14. The summed E-state index contributed by atoms with van der Waals surface area (Å²) in [6, 6.07) is 21.0. The first-order valence-corrected chi connectivity index (χ1v) is 21.3. The van der Waals surface area contributed by atoms with Gasteiger partial charge in [0.1, 0.15) is 24.7 Å². The maximum atomic E-state index is 12.3. The fraction of sp³-hybridized carbons (Fsp3) is 0.375. The van der Waals surface area contributed by atoms with Crippen molar-refractivity contribution in [3.05, 3.63) is 113 Å². The van der Waals surface area contributed by atoms with Gasteiger partial charge in [0.05, 0.1) is 49.5 Å². The predicted molar refractivity (Wildman–Crippen MR) is 243 cm³/mol. The summed E-state index contributed by atoms with van der Waals surface area (Å²) in [5.41, 5.74) is 25.8. The molecule has 0 saturated carbocycles. The standard InChI is InChI=1S/C30H29F3N2O8.C18H30N2O2/c31-30(32,33)11-12-40-25-8-4-21(5-9-25)29(38)43-26-6-1-20(2-7-26)3-10-27(36)41-15-13-39-14-16-42-28(37)22-17-23(34)19-24(35)18-22;1-2-3-4-5-6-7-8-9-10-11-22-18(21)15-12-16(19)14-17(20)13-15/h1-10,17-19H,11-16,34-35H2;12-14H,2-11,19-20H2,1H3. The van der Waals surface area contributed by atoms with Crippen LogP contribution in [0, 0.1) is 0 Å². The summed E-state index contributed by atoms with van der Waals surface area (Å²) in [6.07, 6.45) is 8.54. The van der Waals surface area contributed by atoms with Gasteiger partial charge < -0.3 is 51.4 Å². The van der Waals surface area contributed by atoms with Gasteiger partial charge in [-0.15, -0.1) is 0 Å². The molecule has 4 aromatic carbocycles. The highest BCUT2D eigenvalue weighted by Gasteiger charge is 2.26. The van der Waals surface area contributed by atoms with Crippen LogP contribution in [0.1, 0.15) is 108 Å². The van der Waals surface area contributed by atoms with Crippen molar-refractivity contribution < 1.29 is 60.8 Å². The monoisotopic (exact) mass is 908 g/mol. The van der Waals surface area contributed by atoms with Gasteiger partial charge in [0.25, 0.3) is 0 Å². The molecule has 0 aliphatic carbocycles. The molecule has 4 aromatic rings. The van der Waals surface area contributed by atoms with E-state index in [2.05, 4.69) is 6.92 Å². The molecule has 14 nitrogen and oxygen atoms in total. The van der Waals surface area contributed by atoms with Crippen LogP contribution < -0.4 is 32.4 Å². The Bertz CT molecular complexity index is 2070. The van der Waals surface area contributed by atoms with Crippen LogP contribution in [0.4, 0.5) is 35.9 Å². The molecule has 17 heteroatoms. The van der Waals surface area contributed by atoms with Gasteiger partial charge in [0.15, 0.2) is 0 Å². The van der Waals surface area contributed by atoms with Gasteiger partial charge in [-0.3, -0.25) is 0 Å². The maximum absolute atomic E-state index is 12.3. The summed E-state index contributed by atoms with van der Waals surface area (Å²) >= 11 is 0. The van der Waals surface area contributed by atoms with Gasteiger partial charge in [-0.1, -0.05) is 70.4 Å². The topological polar surface area (TPSA) is 228 Å². The number of rotatable bonds is 25. The van der Waals surface area contributed by atoms with E-state index in [0.717, 1.165) is 12.8 Å². The largest absolute Gasteiger partial charge is 0.493 e. The lowest BCUT2D eigenvalue weighted by atomic mass is 10.1. The number of benzene rings is 4. The van der Waals surface area contributed by atoms with Gasteiger partial charge in [0, 0.05) is 28.8 Å². The van der Waals surface area contributed by atoms with E-state index >= 15 is 0 Å². The van der Waals surface area contributed by atoms with E-state index < -0.39 is 37.1 Å². The van der Waals surface area contributed by atoms with Crippen molar-refractivity contribution in [1.29, 1.82) is 0 Å². The van der Waals surface area contributed by atoms with Crippen molar-refractivity contribution in [2.75, 3.05) is 62.6 Å². The Labute approximate surface area is 377 Å². The van der Waals surface area contributed by atoms with Gasteiger partial charge in [-0.05, 0) is 90.9 Å². The van der Waals surface area contributed by atoms with Crippen molar-refractivity contribution in [3.63, 3.8) is 0 Å². The highest BCUT2D eigenvalue weighted by atomic mass is 19.4. The molecule has 0 unspecified atom stereocenters. The molecular weight excluding hydrogens is 850 g/mol. The number of carbonyl (C=O) groups excluding carboxylic acids is 4. The number of esters is 4. The van der Waals surface area contributed by atoms with Crippen molar-refractivity contribution in [2.24, 2.45) is 0 Å². The van der Waals surface area contributed by atoms with Gasteiger partial charge >= 0.3 is 30.1 Å². The summed E-state index contributed by atoms with van der Waals surface area (Å²) in [4.78, 5) is 48.1. The van der Waals surface area contributed by atoms with E-state index in [-0.39, 0.29) is 55.0 Å². The minimum Gasteiger partial charge on any atom is -0.493 e. The molecule has 0 atom stereocenters. The number of anilines is 4. The van der Waals surface area contributed by atoms with Crippen molar-refractivity contribution in [3.8, 4) is 11.5 Å². The number of hydrogen-bond donors (Lipinski definition) is 4. The van der Waals surface area contributed by atoms with Crippen LogP contribution in [-0.2, 0) is 23.7 Å². The number of carbonyl (C=O) groups is 4. The SMILES string of the molecule is CCCCCCCCCCCOC(=O)c1cc(N)cc(N)c1.Nc1cc(N)cc(C(=O)OCCOCCOC(=O)C=Cc2ccc(OC(=O)c3ccc(OCCC(F)(F)F)cc3)cc2)c1. The van der Waals surface area contributed by atoms with E-state index in [1.165, 1.54) is 112 Å². The average Bonchev–Trinajstić information content (AvgIpc) is 3.25. The van der Waals surface area contributed by atoms with Gasteiger partial charge in [-0.2, -0.15) is 13.2 Å². The molecule has 0 bridgehead atoms. The number of ether oxygens (including phenoxy) is 6. The molecule has 0 spiro atoms. The van der Waals surface area contributed by atoms with E-state index in [4.69, 9.17) is 51.4 Å². The summed E-state index contributed by atoms with van der Waals surface area (Å²) in [6.45, 7) is 2.34. The van der Waals surface area contributed by atoms with E-state index in [1.807, 2.05) is 0 Å². The zero-order valence-electron chi connectivity index (χ0n) is 36.6. The molecule has 0 amide bonds. The molecule has 0 aliphatic rings. The molecule has 0 radical (unpaired) electrons. The molecule has 4 rings (SSSR count). The summed E-state index contributed by atoms with van der Waals surface area (Å²) in [7, 11) is 0. The first-order valence-electron chi connectivity index (χ1n) is 21.3. The second-order valence-corrected chi connectivity index (χ2v) is 14.7. The Morgan fingerprint density at radius 2 is 1.00 bits per heavy atom. The predicted octanol–water partition coefficient (Wildman–Crippen LogP) is 9.37. The van der Waals surface area contributed by atoms with E-state index in [1.54, 1.807) is 30.3 Å². The highest BCUT2D eigenvalue weighted by Crippen LogP contribution is 2.22. The van der Waals surface area contributed by atoms with Gasteiger partial charge in [0.2, 0.25) is 0 Å². The molecule has 0 aromatic heterocycles. The Balaban J connectivity index is 0.000000428. The second-order valence-electron chi connectivity index (χ2n) is 14.7. The molecule has 65 heavy (non-hydrogen) atoms. The van der Waals surface area contributed by atoms with E-state index in [0.29, 0.717) is 40.5 Å². The third kappa shape index (κ3) is 23.0. The number of halogens is 3. The van der Waals surface area contributed by atoms with Crippen molar-refractivity contribution in [2.45, 2.75) is 77.3 Å². The summed E-state index contributed by atoms with van der Waals surface area (Å²) in [5.74, 6) is -1.76. The normalized spacial score (nSPS) is 11.0. The zero-order valence-corrected chi connectivity index (χ0v) is 36.6. The van der Waals surface area contributed by atoms with Gasteiger partial charge in [-0.25, -0.2) is 19.2 Å². The molecule has 8 N–H and O–H groups in total. The Morgan fingerprint density at radius 1 is 0.523 bits per heavy atom. The Morgan fingerprint density at radius 3 is 1.52 bits per heavy atom. The third-order valence-corrected chi connectivity index (χ3v) is 9.09. The molecule has 0 heterocycles. The molecule has 0 aliphatic heterocycles. The quantitative estimate of drug-likeness (QED) is 0.0121. The van der Waals surface area contributed by atoms with Crippen LogP contribution in [0.5, 0.6) is 11.5 Å². The van der Waals surface area contributed by atoms with Crippen LogP contribution in [0.25, 0.3) is 6.08 Å². The molecule has 0 fully saturated rings. The number of nitrogen functional groups attached to an aromatic ring is 4. The summed E-state index contributed by atoms with van der Waals surface area (Å²) < 4.78 is 67.6. The fourth-order valence-electron chi connectivity index (χ4n) is 5.83. The zero-order chi connectivity index (χ0) is 47.5. The number of alkyl halides is 3. The maximum Gasteiger partial charge on any atom is 0.392 e. The van der Waals surface area contributed by atoms with Crippen LogP contribution in [0.15, 0.2) is 91.0 Å². The lowest BCUT2D eigenvalue weighted by Gasteiger charge is -2.09. The first-order chi connectivity index (χ1) is 31.1. The molecule has 352 valence electrons. The summed E-state index contributed by atoms with van der Waals surface area (Å²) in [5, 5.41) is 0. The third-order valence-electron chi connectivity index (χ3n) is 9.09. The average molecular weight is 909 g/mol. The van der Waals surface area contributed by atoms with Crippen LogP contribution >= 0.6 is 0 Å². The minimum absolute atomic E-state index is 0.0116. The highest BCUT2D eigenvalue weighted by molar-refractivity contribution is 5.93. The first kappa shape index (κ1) is 52.6. The van der Waals surface area contributed by atoms with Crippen LogP contribution in [-0.4, -0.2) is 69.7 Å². The van der Waals surface area contributed by atoms with E-state index in [9.17, 15) is 32.3 Å². The fourth-order valence-corrected chi connectivity index (χ4v) is 5.83. The number of unbranched alkanes of at least 4 members (excludes halogenated alkanes) is 8. The van der Waals surface area contributed by atoms with Crippen LogP contribution in [0.3, 0.4) is 0 Å². The van der Waals surface area contributed by atoms with Crippen molar-refractivity contribution in [1.82, 2.24) is 0 Å². The molecular formula is C48H59F3N4O10. The second kappa shape index (κ2) is 28.8. The van der Waals surface area contributed by atoms with Crippen molar-refractivity contribution >= 4 is 52.7 Å². The smallest absolute Gasteiger partial charge is 0.392 e.